The van der Waals surface area contributed by atoms with Crippen molar-refractivity contribution in [3.63, 3.8) is 0 Å². The minimum Gasteiger partial charge on any atom is -0.369 e. The van der Waals surface area contributed by atoms with Crippen molar-refractivity contribution in [3.05, 3.63) is 59.7 Å². The first-order valence-electron chi connectivity index (χ1n) is 11.7. The maximum atomic E-state index is 12.1. The number of primary amides is 1. The lowest BCUT2D eigenvalue weighted by Crippen LogP contribution is -2.21. The van der Waals surface area contributed by atoms with Crippen LogP contribution >= 0.6 is 0 Å². The van der Waals surface area contributed by atoms with E-state index in [-0.39, 0.29) is 11.8 Å². The highest BCUT2D eigenvalue weighted by Crippen LogP contribution is 2.27. The molecule has 5 nitrogen and oxygen atoms in total. The Morgan fingerprint density at radius 2 is 1.74 bits per heavy atom. The molecule has 3 rings (SSSR count). The van der Waals surface area contributed by atoms with E-state index in [1.54, 1.807) is 0 Å². The molecule has 4 N–H and O–H groups in total. The molecule has 1 unspecified atom stereocenters. The quantitative estimate of drug-likeness (QED) is 0.354. The molecular formula is C26H36N4O. The van der Waals surface area contributed by atoms with Crippen LogP contribution in [-0.4, -0.2) is 15.5 Å². The van der Waals surface area contributed by atoms with Crippen molar-refractivity contribution in [3.8, 4) is 0 Å². The van der Waals surface area contributed by atoms with E-state index in [4.69, 9.17) is 11.5 Å². The van der Waals surface area contributed by atoms with Crippen LogP contribution in [0, 0.1) is 0 Å². The molecule has 0 radical (unpaired) electrons. The second-order valence-corrected chi connectivity index (χ2v) is 8.47. The predicted octanol–water partition coefficient (Wildman–Crippen LogP) is 5.57. The topological polar surface area (TPSA) is 86.9 Å². The van der Waals surface area contributed by atoms with Gasteiger partial charge in [0.25, 0.3) is 0 Å². The number of rotatable bonds is 13. The summed E-state index contributed by atoms with van der Waals surface area (Å²) in [6.07, 6.45) is 9.97. The Kier molecular flexibility index (Phi) is 8.51. The molecule has 1 heterocycles. The third kappa shape index (κ3) is 6.33. The molecule has 3 aromatic rings. The number of hydrogen-bond donors (Lipinski definition) is 2. The van der Waals surface area contributed by atoms with Crippen LogP contribution in [0.1, 0.15) is 75.3 Å². The molecule has 5 heteroatoms. The monoisotopic (exact) mass is 420 g/mol. The number of hydrogen-bond acceptors (Lipinski definition) is 3. The largest absolute Gasteiger partial charge is 0.369 e. The highest BCUT2D eigenvalue weighted by atomic mass is 16.1. The number of nitrogen functional groups attached to an aromatic ring is 1. The van der Waals surface area contributed by atoms with Gasteiger partial charge in [0.2, 0.25) is 11.9 Å². The van der Waals surface area contributed by atoms with E-state index in [0.717, 1.165) is 55.2 Å². The van der Waals surface area contributed by atoms with Crippen LogP contribution in [0.25, 0.3) is 11.0 Å². The summed E-state index contributed by atoms with van der Waals surface area (Å²) >= 11 is 0. The maximum absolute atomic E-state index is 12.1. The molecule has 0 aliphatic heterocycles. The van der Waals surface area contributed by atoms with Crippen molar-refractivity contribution in [2.75, 3.05) is 5.73 Å². The number of anilines is 1. The second-order valence-electron chi connectivity index (χ2n) is 8.47. The van der Waals surface area contributed by atoms with Crippen LogP contribution in [-0.2, 0) is 17.8 Å². The first-order chi connectivity index (χ1) is 15.1. The van der Waals surface area contributed by atoms with Gasteiger partial charge >= 0.3 is 0 Å². The lowest BCUT2D eigenvalue weighted by atomic mass is 9.92. The van der Waals surface area contributed by atoms with E-state index < -0.39 is 0 Å². The number of benzene rings is 2. The van der Waals surface area contributed by atoms with Gasteiger partial charge in [-0.25, -0.2) is 4.98 Å². The van der Waals surface area contributed by atoms with Crippen LogP contribution in [0.2, 0.25) is 0 Å². The van der Waals surface area contributed by atoms with Gasteiger partial charge in [0.15, 0.2) is 0 Å². The average molecular weight is 421 g/mol. The number of amides is 1. The molecule has 1 amide bonds. The van der Waals surface area contributed by atoms with Crippen molar-refractivity contribution in [1.29, 1.82) is 0 Å². The molecule has 0 aliphatic rings. The minimum atomic E-state index is -0.264. The zero-order valence-electron chi connectivity index (χ0n) is 18.7. The van der Waals surface area contributed by atoms with Crippen molar-refractivity contribution < 1.29 is 4.79 Å². The smallest absolute Gasteiger partial charge is 0.224 e. The molecule has 0 bridgehead atoms. The molecule has 0 fully saturated rings. The number of nitrogens with zero attached hydrogens (tertiary/aromatic N) is 2. The molecule has 0 saturated heterocycles. The summed E-state index contributed by atoms with van der Waals surface area (Å²) in [4.78, 5) is 16.7. The van der Waals surface area contributed by atoms with Crippen molar-refractivity contribution in [2.24, 2.45) is 5.73 Å². The third-order valence-electron chi connectivity index (χ3n) is 6.08. The van der Waals surface area contributed by atoms with Gasteiger partial charge in [0.05, 0.1) is 17.0 Å². The summed E-state index contributed by atoms with van der Waals surface area (Å²) < 4.78 is 2.06. The summed E-state index contributed by atoms with van der Waals surface area (Å²) in [6, 6.07) is 16.5. The Balaban J connectivity index is 1.65. The Labute approximate surface area is 185 Å². The fourth-order valence-electron chi connectivity index (χ4n) is 4.31. The van der Waals surface area contributed by atoms with Crippen LogP contribution in [0.5, 0.6) is 0 Å². The van der Waals surface area contributed by atoms with Gasteiger partial charge in [-0.05, 0) is 42.5 Å². The molecule has 31 heavy (non-hydrogen) atoms. The SMILES string of the molecule is CCCCCCCCC(C(N)=O)c1ccc2c(c1)nc(N)n2CCCc1ccccc1. The van der Waals surface area contributed by atoms with Crippen molar-refractivity contribution >= 4 is 22.9 Å². The van der Waals surface area contributed by atoms with E-state index >= 15 is 0 Å². The number of carbonyl (C=O) groups excluding carboxylic acids is 1. The maximum Gasteiger partial charge on any atom is 0.224 e. The van der Waals surface area contributed by atoms with Crippen LogP contribution in [0.15, 0.2) is 48.5 Å². The van der Waals surface area contributed by atoms with Gasteiger partial charge in [-0.15, -0.1) is 0 Å². The molecule has 0 saturated carbocycles. The number of fused-ring (bicyclic) bond motifs is 1. The van der Waals surface area contributed by atoms with Gasteiger partial charge in [-0.3, -0.25) is 4.79 Å². The average Bonchev–Trinajstić information content (AvgIpc) is 3.08. The summed E-state index contributed by atoms with van der Waals surface area (Å²) in [5.74, 6) is -0.00466. The number of imidazole rings is 1. The van der Waals surface area contributed by atoms with Crippen molar-refractivity contribution in [2.45, 2.75) is 77.2 Å². The molecule has 166 valence electrons. The van der Waals surface area contributed by atoms with Crippen LogP contribution in [0.3, 0.4) is 0 Å². The summed E-state index contributed by atoms with van der Waals surface area (Å²) in [5, 5.41) is 0. The van der Waals surface area contributed by atoms with E-state index in [0.29, 0.717) is 5.95 Å². The van der Waals surface area contributed by atoms with E-state index in [1.807, 2.05) is 24.3 Å². The highest BCUT2D eigenvalue weighted by molar-refractivity contribution is 5.85. The Bertz CT molecular complexity index is 964. The Morgan fingerprint density at radius 3 is 2.48 bits per heavy atom. The number of aromatic nitrogens is 2. The van der Waals surface area contributed by atoms with E-state index in [2.05, 4.69) is 40.7 Å². The number of unbranched alkanes of at least 4 members (excludes halogenated alkanes) is 5. The van der Waals surface area contributed by atoms with E-state index in [9.17, 15) is 4.79 Å². The highest BCUT2D eigenvalue weighted by Gasteiger charge is 2.19. The molecule has 1 aromatic heterocycles. The zero-order chi connectivity index (χ0) is 22.1. The number of aryl methyl sites for hydroxylation is 2. The van der Waals surface area contributed by atoms with Gasteiger partial charge in [0.1, 0.15) is 0 Å². The first kappa shape index (κ1) is 22.9. The summed E-state index contributed by atoms with van der Waals surface area (Å²) in [7, 11) is 0. The van der Waals surface area contributed by atoms with Gasteiger partial charge in [-0.1, -0.05) is 81.8 Å². The third-order valence-corrected chi connectivity index (χ3v) is 6.08. The Hall–Kier alpha value is -2.82. The van der Waals surface area contributed by atoms with Crippen molar-refractivity contribution in [1.82, 2.24) is 9.55 Å². The van der Waals surface area contributed by atoms with Crippen LogP contribution < -0.4 is 11.5 Å². The summed E-state index contributed by atoms with van der Waals surface area (Å²) in [5.41, 5.74) is 16.1. The fourth-order valence-corrected chi connectivity index (χ4v) is 4.31. The minimum absolute atomic E-state index is 0.261. The molecule has 1 atom stereocenters. The Morgan fingerprint density at radius 1 is 1.00 bits per heavy atom. The standard InChI is InChI=1S/C26H36N4O/c1-2-3-4-5-6-10-15-22(25(27)31)21-16-17-24-23(19-21)29-26(28)30(24)18-11-14-20-12-8-7-9-13-20/h7-9,12-13,16-17,19,22H,2-6,10-11,14-15,18H2,1H3,(H2,27,31)(H2,28,29). The zero-order valence-corrected chi connectivity index (χ0v) is 18.7. The predicted molar refractivity (Wildman–Crippen MR) is 129 cm³/mol. The van der Waals surface area contributed by atoms with Gasteiger partial charge in [-0.2, -0.15) is 0 Å². The lowest BCUT2D eigenvalue weighted by Gasteiger charge is -2.14. The number of carbonyl (C=O) groups is 1. The molecule has 2 aromatic carbocycles. The normalized spacial score (nSPS) is 12.3. The van der Waals surface area contributed by atoms with E-state index in [1.165, 1.54) is 31.2 Å². The second kappa shape index (κ2) is 11.5. The summed E-state index contributed by atoms with van der Waals surface area (Å²) in [6.45, 7) is 3.03. The molecule has 0 spiro atoms. The molecular weight excluding hydrogens is 384 g/mol. The first-order valence-corrected chi connectivity index (χ1v) is 11.7. The molecule has 0 aliphatic carbocycles. The van der Waals surface area contributed by atoms with Crippen LogP contribution in [0.4, 0.5) is 5.95 Å². The van der Waals surface area contributed by atoms with Gasteiger partial charge in [0, 0.05) is 6.54 Å². The van der Waals surface area contributed by atoms with Gasteiger partial charge < -0.3 is 16.0 Å². The lowest BCUT2D eigenvalue weighted by molar-refractivity contribution is -0.119. The number of nitrogens with two attached hydrogens (primary N) is 2. The fraction of sp³-hybridized carbons (Fsp3) is 0.462.